The van der Waals surface area contributed by atoms with Gasteiger partial charge in [-0.15, -0.1) is 5.10 Å². The van der Waals surface area contributed by atoms with Gasteiger partial charge in [0.05, 0.1) is 15.9 Å². The van der Waals surface area contributed by atoms with Crippen molar-refractivity contribution in [2.45, 2.75) is 23.8 Å². The number of tetrazole rings is 1. The quantitative estimate of drug-likeness (QED) is 0.378. The highest BCUT2D eigenvalue weighted by atomic mass is 32.2. The molecule has 1 N–H and O–H groups in total. The maximum Gasteiger partial charge on any atom is 0.269 e. The summed E-state index contributed by atoms with van der Waals surface area (Å²) in [6.07, 6.45) is 0.561. The number of nitrogens with one attached hydrogen (secondary N) is 1. The molecule has 1 heterocycles. The Morgan fingerprint density at radius 3 is 2.56 bits per heavy atom. The summed E-state index contributed by atoms with van der Waals surface area (Å²) in [5.74, 6) is -0.223. The number of hydrogen-bond acceptors (Lipinski definition) is 7. The monoisotopic (exact) mass is 384 g/mol. The maximum absolute atomic E-state index is 12.6. The van der Waals surface area contributed by atoms with Crippen LogP contribution in [0.3, 0.4) is 0 Å². The topological polar surface area (TPSA) is 116 Å². The Balaban J connectivity index is 1.71. The minimum Gasteiger partial charge on any atom is -0.325 e. The van der Waals surface area contributed by atoms with Gasteiger partial charge < -0.3 is 5.32 Å². The average Bonchev–Trinajstić information content (AvgIpc) is 3.15. The van der Waals surface area contributed by atoms with Gasteiger partial charge in [0, 0.05) is 17.8 Å². The van der Waals surface area contributed by atoms with E-state index in [1.165, 1.54) is 36.0 Å². The molecule has 10 heteroatoms. The van der Waals surface area contributed by atoms with E-state index in [4.69, 9.17) is 0 Å². The van der Waals surface area contributed by atoms with E-state index in [2.05, 4.69) is 20.8 Å². The average molecular weight is 384 g/mol. The smallest absolute Gasteiger partial charge is 0.269 e. The van der Waals surface area contributed by atoms with Crippen LogP contribution in [0.4, 0.5) is 11.4 Å². The van der Waals surface area contributed by atoms with Gasteiger partial charge in [-0.1, -0.05) is 36.9 Å². The zero-order valence-electron chi connectivity index (χ0n) is 14.3. The Morgan fingerprint density at radius 2 is 1.93 bits per heavy atom. The van der Waals surface area contributed by atoms with E-state index in [1.54, 1.807) is 4.68 Å². The molecule has 0 bridgehead atoms. The number of aromatic nitrogens is 4. The summed E-state index contributed by atoms with van der Waals surface area (Å²) < 4.78 is 1.58. The number of benzene rings is 2. The lowest BCUT2D eigenvalue weighted by molar-refractivity contribution is -0.384. The summed E-state index contributed by atoms with van der Waals surface area (Å²) in [6.45, 7) is 1.89. The molecule has 0 unspecified atom stereocenters. The molecule has 1 amide bonds. The molecule has 9 nitrogen and oxygen atoms in total. The predicted octanol–water partition coefficient (Wildman–Crippen LogP) is 3.08. The largest absolute Gasteiger partial charge is 0.325 e. The molecule has 1 aromatic heterocycles. The van der Waals surface area contributed by atoms with E-state index in [0.717, 1.165) is 5.69 Å². The highest BCUT2D eigenvalue weighted by Crippen LogP contribution is 2.26. The zero-order valence-corrected chi connectivity index (χ0v) is 15.2. The van der Waals surface area contributed by atoms with Gasteiger partial charge in [0.1, 0.15) is 0 Å². The molecule has 27 heavy (non-hydrogen) atoms. The van der Waals surface area contributed by atoms with E-state index >= 15 is 0 Å². The molecular formula is C17H16N6O3S. The molecule has 0 fully saturated rings. The summed E-state index contributed by atoms with van der Waals surface area (Å²) in [5, 5.41) is 25.3. The number of nitrogens with zero attached hydrogens (tertiary/aromatic N) is 5. The van der Waals surface area contributed by atoms with Gasteiger partial charge in [0.15, 0.2) is 0 Å². The fraction of sp³-hybridized carbons (Fsp3) is 0.176. The Kier molecular flexibility index (Phi) is 5.77. The van der Waals surface area contributed by atoms with E-state index in [-0.39, 0.29) is 11.6 Å². The van der Waals surface area contributed by atoms with Gasteiger partial charge >= 0.3 is 0 Å². The summed E-state index contributed by atoms with van der Waals surface area (Å²) in [6, 6.07) is 15.1. The number of nitro benzene ring substituents is 1. The first kappa shape index (κ1) is 18.5. The number of amides is 1. The molecule has 2 aromatic carbocycles. The van der Waals surface area contributed by atoms with Crippen LogP contribution >= 0.6 is 11.8 Å². The van der Waals surface area contributed by atoms with Gasteiger partial charge in [0.25, 0.3) is 5.69 Å². The first-order chi connectivity index (χ1) is 13.1. The van der Waals surface area contributed by atoms with Crippen molar-refractivity contribution in [2.75, 3.05) is 5.32 Å². The lowest BCUT2D eigenvalue weighted by Gasteiger charge is -2.14. The predicted molar refractivity (Wildman–Crippen MR) is 101 cm³/mol. The van der Waals surface area contributed by atoms with E-state index < -0.39 is 10.2 Å². The Hall–Kier alpha value is -3.27. The standard InChI is InChI=1S/C17H16N6O3S/c1-2-15(16(24)18-12-8-10-14(11-9-12)23(25)26)27-17-19-20-21-22(17)13-6-4-3-5-7-13/h3-11,15H,2H2,1H3,(H,18,24)/t15-/m0/s1. The molecule has 0 aliphatic rings. The van der Waals surface area contributed by atoms with Gasteiger partial charge in [0.2, 0.25) is 11.1 Å². The van der Waals surface area contributed by atoms with Gasteiger partial charge in [-0.25, -0.2) is 0 Å². The molecule has 0 aliphatic heterocycles. The van der Waals surface area contributed by atoms with Crippen LogP contribution in [-0.2, 0) is 4.79 Å². The summed E-state index contributed by atoms with van der Waals surface area (Å²) in [4.78, 5) is 22.8. The van der Waals surface area contributed by atoms with Crippen molar-refractivity contribution in [1.82, 2.24) is 20.2 Å². The van der Waals surface area contributed by atoms with Crippen LogP contribution in [0.15, 0.2) is 59.8 Å². The lowest BCUT2D eigenvalue weighted by atomic mass is 10.2. The first-order valence-corrected chi connectivity index (χ1v) is 9.02. The number of thioether (sulfide) groups is 1. The molecule has 3 rings (SSSR count). The van der Waals surface area contributed by atoms with Gasteiger partial charge in [-0.2, -0.15) is 4.68 Å². The molecule has 1 atom stereocenters. The van der Waals surface area contributed by atoms with Crippen molar-refractivity contribution in [3.05, 3.63) is 64.7 Å². The van der Waals surface area contributed by atoms with Gasteiger partial charge in [-0.05, 0) is 41.1 Å². The van der Waals surface area contributed by atoms with Crippen LogP contribution in [0.2, 0.25) is 0 Å². The van der Waals surface area contributed by atoms with Crippen molar-refractivity contribution < 1.29 is 9.72 Å². The second kappa shape index (κ2) is 8.41. The normalized spacial score (nSPS) is 11.7. The molecule has 0 saturated carbocycles. The maximum atomic E-state index is 12.6. The van der Waals surface area contributed by atoms with E-state index in [0.29, 0.717) is 17.3 Å². The minimum atomic E-state index is -0.486. The van der Waals surface area contributed by atoms with Crippen LogP contribution in [-0.4, -0.2) is 36.3 Å². The van der Waals surface area contributed by atoms with Crippen molar-refractivity contribution in [2.24, 2.45) is 0 Å². The van der Waals surface area contributed by atoms with Crippen molar-refractivity contribution in [3.8, 4) is 5.69 Å². The number of hydrogen-bond donors (Lipinski definition) is 1. The summed E-state index contributed by atoms with van der Waals surface area (Å²) >= 11 is 1.26. The Morgan fingerprint density at radius 1 is 1.22 bits per heavy atom. The number of carbonyl (C=O) groups is 1. The number of rotatable bonds is 7. The van der Waals surface area contributed by atoms with Crippen LogP contribution < -0.4 is 5.32 Å². The number of non-ortho nitro benzene ring substituents is 1. The molecule has 0 radical (unpaired) electrons. The van der Waals surface area contributed by atoms with Crippen LogP contribution in [0.5, 0.6) is 0 Å². The molecule has 0 saturated heterocycles. The van der Waals surface area contributed by atoms with Gasteiger partial charge in [-0.3, -0.25) is 14.9 Å². The third-order valence-corrected chi connectivity index (χ3v) is 5.00. The number of para-hydroxylation sites is 1. The SMILES string of the molecule is CC[C@H](Sc1nnnn1-c1ccccc1)C(=O)Nc1ccc([N+](=O)[O-])cc1. The first-order valence-electron chi connectivity index (χ1n) is 8.14. The van der Waals surface area contributed by atoms with E-state index in [9.17, 15) is 14.9 Å². The Bertz CT molecular complexity index is 929. The molecule has 0 aliphatic carbocycles. The van der Waals surface area contributed by atoms with Crippen LogP contribution in [0.1, 0.15) is 13.3 Å². The van der Waals surface area contributed by atoms with Crippen molar-refractivity contribution in [1.29, 1.82) is 0 Å². The van der Waals surface area contributed by atoms with Crippen molar-refractivity contribution >= 4 is 29.0 Å². The van der Waals surface area contributed by atoms with Crippen LogP contribution in [0, 0.1) is 10.1 Å². The fourth-order valence-corrected chi connectivity index (χ4v) is 3.23. The molecule has 3 aromatic rings. The highest BCUT2D eigenvalue weighted by molar-refractivity contribution is 8.00. The number of anilines is 1. The minimum absolute atomic E-state index is 0.0311. The lowest BCUT2D eigenvalue weighted by Crippen LogP contribution is -2.25. The third-order valence-electron chi connectivity index (χ3n) is 3.70. The van der Waals surface area contributed by atoms with E-state index in [1.807, 2.05) is 37.3 Å². The fourth-order valence-electron chi connectivity index (χ4n) is 2.32. The molecule has 0 spiro atoms. The molecule has 138 valence electrons. The third kappa shape index (κ3) is 4.47. The molecular weight excluding hydrogens is 368 g/mol. The Labute approximate surface area is 158 Å². The second-order valence-corrected chi connectivity index (χ2v) is 6.69. The summed E-state index contributed by atoms with van der Waals surface area (Å²) in [7, 11) is 0. The van der Waals surface area contributed by atoms with Crippen LogP contribution in [0.25, 0.3) is 5.69 Å². The second-order valence-electron chi connectivity index (χ2n) is 5.52. The highest BCUT2D eigenvalue weighted by Gasteiger charge is 2.22. The number of carbonyl (C=O) groups excluding carboxylic acids is 1. The van der Waals surface area contributed by atoms with Crippen molar-refractivity contribution in [3.63, 3.8) is 0 Å². The zero-order chi connectivity index (χ0) is 19.2. The number of nitro groups is 1. The summed E-state index contributed by atoms with van der Waals surface area (Å²) in [5.41, 5.74) is 1.26.